The molecule has 0 amide bonds. The first-order valence-electron chi connectivity index (χ1n) is 14.5. The van der Waals surface area contributed by atoms with Crippen LogP contribution >= 0.6 is 8.38 Å². The second-order valence-corrected chi connectivity index (χ2v) is 11.7. The Kier molecular flexibility index (Phi) is 21.0. The Balaban J connectivity index is 1.82. The van der Waals surface area contributed by atoms with E-state index < -0.39 is 19.6 Å². The summed E-state index contributed by atoms with van der Waals surface area (Å²) in [7, 11) is -1.67. The van der Waals surface area contributed by atoms with Crippen LogP contribution in [0, 0.1) is 5.92 Å². The van der Waals surface area contributed by atoms with Crippen molar-refractivity contribution in [3.8, 4) is 0 Å². The molecule has 0 spiro atoms. The van der Waals surface area contributed by atoms with Gasteiger partial charge in [-0.2, -0.15) is 0 Å². The molecule has 1 rings (SSSR count). The van der Waals surface area contributed by atoms with Crippen LogP contribution in [0.2, 0.25) is 0 Å². The van der Waals surface area contributed by atoms with Crippen LogP contribution in [0.15, 0.2) is 21.9 Å². The summed E-state index contributed by atoms with van der Waals surface area (Å²) in [5.41, 5.74) is -0.908. The van der Waals surface area contributed by atoms with Crippen molar-refractivity contribution in [1.29, 1.82) is 0 Å². The fourth-order valence-electron chi connectivity index (χ4n) is 4.10. The van der Waals surface area contributed by atoms with Crippen molar-refractivity contribution in [3.63, 3.8) is 0 Å². The molecular weight excluding hydrogens is 491 g/mol. The third-order valence-electron chi connectivity index (χ3n) is 6.31. The molecule has 0 bridgehead atoms. The highest BCUT2D eigenvalue weighted by Gasteiger charge is 2.11. The van der Waals surface area contributed by atoms with Crippen LogP contribution in [-0.4, -0.2) is 46.7 Å². The van der Waals surface area contributed by atoms with Crippen molar-refractivity contribution < 1.29 is 18.9 Å². The van der Waals surface area contributed by atoms with Gasteiger partial charge in [-0.15, -0.1) is 0 Å². The van der Waals surface area contributed by atoms with Crippen LogP contribution in [-0.2, 0) is 20.5 Å². The van der Waals surface area contributed by atoms with Crippen molar-refractivity contribution in [1.82, 2.24) is 9.55 Å². The van der Waals surface area contributed by atoms with Gasteiger partial charge in [0.1, 0.15) is 6.35 Å². The molecule has 0 radical (unpaired) electrons. The summed E-state index contributed by atoms with van der Waals surface area (Å²) in [6.07, 6.45) is 19.5. The number of rotatable bonds is 25. The average Bonchev–Trinajstić information content (AvgIpc) is 2.85. The molecule has 0 saturated heterocycles. The van der Waals surface area contributed by atoms with E-state index in [2.05, 4.69) is 18.8 Å². The maximum absolute atomic E-state index is 11.7. The van der Waals surface area contributed by atoms with Gasteiger partial charge in [-0.1, -0.05) is 90.9 Å². The lowest BCUT2D eigenvalue weighted by Gasteiger charge is -2.17. The number of H-pyrrole nitrogens is 1. The van der Waals surface area contributed by atoms with E-state index in [0.29, 0.717) is 13.2 Å². The second kappa shape index (κ2) is 22.9. The van der Waals surface area contributed by atoms with E-state index in [1.54, 1.807) is 6.92 Å². The van der Waals surface area contributed by atoms with Crippen LogP contribution < -0.4 is 11.2 Å². The Bertz CT molecular complexity index is 770. The SMILES string of the molecule is CC(C)CCCCCCCCCCCCCCOCCCOP(O)CO[C@H](C)Cn1ccc(=O)[nH]c1=O. The zero-order chi connectivity index (χ0) is 27.1. The van der Waals surface area contributed by atoms with Gasteiger partial charge in [-0.25, -0.2) is 4.79 Å². The fourth-order valence-corrected chi connectivity index (χ4v) is 4.90. The third kappa shape index (κ3) is 20.6. The Morgan fingerprint density at radius 3 is 2.00 bits per heavy atom. The van der Waals surface area contributed by atoms with Gasteiger partial charge in [-0.3, -0.25) is 14.3 Å². The molecule has 0 aliphatic heterocycles. The number of aromatic amines is 1. The van der Waals surface area contributed by atoms with E-state index in [9.17, 15) is 14.5 Å². The van der Waals surface area contributed by atoms with Gasteiger partial charge in [0, 0.05) is 25.5 Å². The van der Waals surface area contributed by atoms with Gasteiger partial charge < -0.3 is 18.9 Å². The van der Waals surface area contributed by atoms with Gasteiger partial charge in [0.05, 0.1) is 19.3 Å². The van der Waals surface area contributed by atoms with Crippen LogP contribution in [0.4, 0.5) is 0 Å². The molecular formula is C28H53N2O6P. The van der Waals surface area contributed by atoms with Crippen molar-refractivity contribution >= 4 is 8.38 Å². The quantitative estimate of drug-likeness (QED) is 0.110. The van der Waals surface area contributed by atoms with Crippen LogP contribution in [0.3, 0.4) is 0 Å². The molecule has 1 aromatic heterocycles. The first-order valence-corrected chi connectivity index (χ1v) is 15.9. The highest BCUT2D eigenvalue weighted by atomic mass is 31.2. The summed E-state index contributed by atoms with van der Waals surface area (Å²) in [4.78, 5) is 35.0. The average molecular weight is 545 g/mol. The van der Waals surface area contributed by atoms with Gasteiger partial charge in [0.25, 0.3) is 5.56 Å². The summed E-state index contributed by atoms with van der Waals surface area (Å²) in [6, 6.07) is 1.29. The minimum atomic E-state index is -1.67. The smallest absolute Gasteiger partial charge is 0.328 e. The normalized spacial score (nSPS) is 13.3. The van der Waals surface area contributed by atoms with E-state index in [4.69, 9.17) is 14.0 Å². The summed E-state index contributed by atoms with van der Waals surface area (Å²) in [5.74, 6) is 0.854. The van der Waals surface area contributed by atoms with Crippen molar-refractivity contribution in [2.75, 3.05) is 26.2 Å². The first-order chi connectivity index (χ1) is 17.9. The Morgan fingerprint density at radius 2 is 1.41 bits per heavy atom. The fraction of sp³-hybridized carbons (Fsp3) is 0.857. The zero-order valence-electron chi connectivity index (χ0n) is 23.6. The predicted octanol–water partition coefficient (Wildman–Crippen LogP) is 6.35. The van der Waals surface area contributed by atoms with Gasteiger partial charge in [0.2, 0.25) is 0 Å². The molecule has 0 saturated carbocycles. The summed E-state index contributed by atoms with van der Waals surface area (Å²) < 4.78 is 18.0. The van der Waals surface area contributed by atoms with E-state index >= 15 is 0 Å². The molecule has 1 unspecified atom stereocenters. The van der Waals surface area contributed by atoms with E-state index in [1.807, 2.05) is 0 Å². The molecule has 0 aliphatic rings. The monoisotopic (exact) mass is 544 g/mol. The Morgan fingerprint density at radius 1 is 0.838 bits per heavy atom. The third-order valence-corrected chi connectivity index (χ3v) is 7.16. The molecule has 0 aliphatic carbocycles. The maximum atomic E-state index is 11.7. The maximum Gasteiger partial charge on any atom is 0.328 e. The standard InChI is InChI=1S/C28H53N2O6P/c1-25(2)17-14-12-10-8-6-4-5-7-9-11-13-15-20-34-21-16-22-36-37(33)24-35-26(3)23-30-19-18-27(31)29-28(30)32/h18-19,25-26,33H,4-17,20-24H2,1-3H3,(H,29,31,32)/t26-,37?/m1/s1. The Hall–Kier alpha value is -1.05. The van der Waals surface area contributed by atoms with E-state index in [0.717, 1.165) is 25.4 Å². The first kappa shape index (κ1) is 34.0. The Labute approximate surface area is 225 Å². The number of aromatic nitrogens is 2. The second-order valence-electron chi connectivity index (χ2n) is 10.4. The minimum Gasteiger partial charge on any atom is -0.381 e. The number of ether oxygens (including phenoxy) is 2. The molecule has 2 N–H and O–H groups in total. The molecule has 216 valence electrons. The lowest BCUT2D eigenvalue weighted by atomic mass is 10.0. The topological polar surface area (TPSA) is 103 Å². The minimum absolute atomic E-state index is 0.0773. The highest BCUT2D eigenvalue weighted by molar-refractivity contribution is 7.45. The zero-order valence-corrected chi connectivity index (χ0v) is 24.5. The number of hydrogen-bond acceptors (Lipinski definition) is 6. The number of hydrogen-bond donors (Lipinski definition) is 2. The van der Waals surface area contributed by atoms with Crippen molar-refractivity contribution in [2.24, 2.45) is 5.92 Å². The summed E-state index contributed by atoms with van der Waals surface area (Å²) in [5, 5.41) is 0. The largest absolute Gasteiger partial charge is 0.381 e. The number of nitrogens with zero attached hydrogens (tertiary/aromatic N) is 1. The molecule has 8 nitrogen and oxygen atoms in total. The van der Waals surface area contributed by atoms with E-state index in [-0.39, 0.29) is 19.0 Å². The summed E-state index contributed by atoms with van der Waals surface area (Å²) >= 11 is 0. The predicted molar refractivity (Wildman–Crippen MR) is 152 cm³/mol. The van der Waals surface area contributed by atoms with Gasteiger partial charge >= 0.3 is 5.69 Å². The van der Waals surface area contributed by atoms with Crippen LogP contribution in [0.25, 0.3) is 0 Å². The molecule has 37 heavy (non-hydrogen) atoms. The molecule has 0 fully saturated rings. The molecule has 1 heterocycles. The molecule has 1 aromatic rings. The van der Waals surface area contributed by atoms with Crippen molar-refractivity contribution in [2.45, 2.75) is 123 Å². The summed E-state index contributed by atoms with van der Waals surface area (Å²) in [6.45, 7) is 8.55. The highest BCUT2D eigenvalue weighted by Crippen LogP contribution is 2.31. The van der Waals surface area contributed by atoms with E-state index in [1.165, 1.54) is 93.9 Å². The van der Waals surface area contributed by atoms with Crippen LogP contribution in [0.5, 0.6) is 0 Å². The number of nitrogens with one attached hydrogen (secondary N) is 1. The molecule has 0 aromatic carbocycles. The molecule has 9 heteroatoms. The van der Waals surface area contributed by atoms with Gasteiger partial charge in [-0.05, 0) is 25.7 Å². The van der Waals surface area contributed by atoms with Gasteiger partial charge in [0.15, 0.2) is 8.38 Å². The van der Waals surface area contributed by atoms with Crippen LogP contribution in [0.1, 0.15) is 111 Å². The van der Waals surface area contributed by atoms with Crippen molar-refractivity contribution in [3.05, 3.63) is 33.1 Å². The lowest BCUT2D eigenvalue weighted by molar-refractivity contribution is 0.0751. The number of unbranched alkanes of at least 4 members (excludes halogenated alkanes) is 11. The molecule has 2 atom stereocenters. The lowest BCUT2D eigenvalue weighted by Crippen LogP contribution is -2.32.